The van der Waals surface area contributed by atoms with Crippen LogP contribution in [0.4, 0.5) is 5.69 Å². The van der Waals surface area contributed by atoms with E-state index in [0.29, 0.717) is 23.6 Å². The van der Waals surface area contributed by atoms with Gasteiger partial charge in [-0.25, -0.2) is 5.01 Å². The van der Waals surface area contributed by atoms with Crippen molar-refractivity contribution in [1.82, 2.24) is 5.43 Å². The highest BCUT2D eigenvalue weighted by molar-refractivity contribution is 6.37. The summed E-state index contributed by atoms with van der Waals surface area (Å²) in [6, 6.07) is 21.7. The molecule has 0 unspecified atom stereocenters. The zero-order valence-electron chi connectivity index (χ0n) is 15.6. The van der Waals surface area contributed by atoms with E-state index in [-0.39, 0.29) is 15.6 Å². The first-order chi connectivity index (χ1) is 14.5. The fourth-order valence-corrected chi connectivity index (χ4v) is 3.63. The number of nitrogens with one attached hydrogen (secondary N) is 1. The highest BCUT2D eigenvalue weighted by Gasteiger charge is 2.34. The van der Waals surface area contributed by atoms with Crippen LogP contribution in [0.25, 0.3) is 6.08 Å². The maximum Gasteiger partial charge on any atom is 0.282 e. The lowest BCUT2D eigenvalue weighted by molar-refractivity contribution is -0.117. The van der Waals surface area contributed by atoms with E-state index in [1.165, 1.54) is 11.1 Å². The lowest BCUT2D eigenvalue weighted by Gasteiger charge is -2.14. The van der Waals surface area contributed by atoms with E-state index < -0.39 is 11.8 Å². The first-order valence-corrected chi connectivity index (χ1v) is 9.86. The maximum atomic E-state index is 12.7. The van der Waals surface area contributed by atoms with Crippen LogP contribution in [-0.4, -0.2) is 11.8 Å². The minimum Gasteiger partial charge on any atom is -0.486 e. The molecule has 0 radical (unpaired) electrons. The largest absolute Gasteiger partial charge is 0.486 e. The van der Waals surface area contributed by atoms with E-state index >= 15 is 0 Å². The van der Waals surface area contributed by atoms with Gasteiger partial charge in [-0.2, -0.15) is 0 Å². The second kappa shape index (κ2) is 8.61. The highest BCUT2D eigenvalue weighted by atomic mass is 35.5. The van der Waals surface area contributed by atoms with Gasteiger partial charge in [-0.15, -0.1) is 0 Å². The van der Waals surface area contributed by atoms with Crippen molar-refractivity contribution in [3.05, 3.63) is 99.5 Å². The van der Waals surface area contributed by atoms with Crippen molar-refractivity contribution in [3.8, 4) is 5.75 Å². The molecule has 1 heterocycles. The second-order valence-electron chi connectivity index (χ2n) is 6.56. The summed E-state index contributed by atoms with van der Waals surface area (Å²) < 4.78 is 5.76. The molecule has 7 heteroatoms. The first kappa shape index (κ1) is 20.0. The molecule has 2 amide bonds. The Kier molecular flexibility index (Phi) is 5.74. The number of rotatable bonds is 5. The average molecular weight is 439 g/mol. The molecule has 3 aromatic rings. The number of hydrogen-bond acceptors (Lipinski definition) is 3. The highest BCUT2D eigenvalue weighted by Crippen LogP contribution is 2.35. The number of para-hydroxylation sites is 1. The summed E-state index contributed by atoms with van der Waals surface area (Å²) in [6.07, 6.45) is 1.46. The maximum absolute atomic E-state index is 12.7. The van der Waals surface area contributed by atoms with Crippen molar-refractivity contribution in [1.29, 1.82) is 0 Å². The Balaban J connectivity index is 1.56. The summed E-state index contributed by atoms with van der Waals surface area (Å²) in [5.74, 6) is -0.610. The summed E-state index contributed by atoms with van der Waals surface area (Å²) >= 11 is 12.7. The molecule has 0 saturated carbocycles. The van der Waals surface area contributed by atoms with Crippen LogP contribution in [0.5, 0.6) is 5.75 Å². The summed E-state index contributed by atoms with van der Waals surface area (Å²) in [5.41, 5.74) is 4.61. The minimum atomic E-state index is -0.500. The predicted octanol–water partition coefficient (Wildman–Crippen LogP) is 5.03. The number of ether oxygens (including phenoxy) is 1. The van der Waals surface area contributed by atoms with E-state index in [2.05, 4.69) is 5.43 Å². The number of hydrazine groups is 1. The molecule has 1 aliphatic rings. The average Bonchev–Trinajstić information content (AvgIpc) is 3.03. The fraction of sp³-hybridized carbons (Fsp3) is 0.0435. The van der Waals surface area contributed by atoms with E-state index in [1.54, 1.807) is 36.4 Å². The van der Waals surface area contributed by atoms with Gasteiger partial charge in [-0.1, -0.05) is 71.7 Å². The number of halogens is 2. The molecule has 5 nitrogen and oxygen atoms in total. The van der Waals surface area contributed by atoms with Crippen molar-refractivity contribution >= 4 is 46.8 Å². The van der Waals surface area contributed by atoms with Gasteiger partial charge in [-0.05, 0) is 41.5 Å². The molecule has 0 aromatic heterocycles. The van der Waals surface area contributed by atoms with Gasteiger partial charge in [-0.3, -0.25) is 15.0 Å². The van der Waals surface area contributed by atoms with Crippen molar-refractivity contribution in [2.24, 2.45) is 0 Å². The van der Waals surface area contributed by atoms with Crippen molar-refractivity contribution in [2.45, 2.75) is 6.61 Å². The molecule has 0 bridgehead atoms. The van der Waals surface area contributed by atoms with Crippen LogP contribution in [0, 0.1) is 0 Å². The van der Waals surface area contributed by atoms with E-state index in [0.717, 1.165) is 5.56 Å². The number of hydrogen-bond donors (Lipinski definition) is 1. The van der Waals surface area contributed by atoms with Crippen LogP contribution in [0.1, 0.15) is 11.1 Å². The third-order valence-electron chi connectivity index (χ3n) is 4.46. The lowest BCUT2D eigenvalue weighted by atomic mass is 10.1. The molecule has 0 aliphatic carbocycles. The molecule has 150 valence electrons. The summed E-state index contributed by atoms with van der Waals surface area (Å²) in [6.45, 7) is 0.313. The number of benzene rings is 3. The van der Waals surface area contributed by atoms with Crippen LogP contribution in [0.3, 0.4) is 0 Å². The Labute approximate surface area is 183 Å². The van der Waals surface area contributed by atoms with Crippen molar-refractivity contribution in [2.75, 3.05) is 5.01 Å². The molecule has 1 N–H and O–H groups in total. The quantitative estimate of drug-likeness (QED) is 0.448. The van der Waals surface area contributed by atoms with Crippen LogP contribution < -0.4 is 15.2 Å². The van der Waals surface area contributed by atoms with E-state index in [4.69, 9.17) is 27.9 Å². The standard InChI is InChI=1S/C23H16Cl2N2O3/c24-19-12-16(13-20(25)21(19)30-14-15-7-3-1-4-8-15)11-18-22(28)26-27(23(18)29)17-9-5-2-6-10-17/h1-13H,14H2,(H,26,28). The van der Waals surface area contributed by atoms with Crippen LogP contribution in [-0.2, 0) is 16.2 Å². The third-order valence-corrected chi connectivity index (χ3v) is 5.02. The second-order valence-corrected chi connectivity index (χ2v) is 7.38. The van der Waals surface area contributed by atoms with Crippen LogP contribution in [0.2, 0.25) is 10.0 Å². The molecule has 1 aliphatic heterocycles. The van der Waals surface area contributed by atoms with E-state index in [1.807, 2.05) is 36.4 Å². The van der Waals surface area contributed by atoms with Gasteiger partial charge in [0.15, 0.2) is 5.75 Å². The van der Waals surface area contributed by atoms with Crippen molar-refractivity contribution < 1.29 is 14.3 Å². The Morgan fingerprint density at radius 3 is 2.13 bits per heavy atom. The number of carbonyl (C=O) groups excluding carboxylic acids is 2. The Morgan fingerprint density at radius 2 is 1.50 bits per heavy atom. The molecule has 3 aromatic carbocycles. The molecular formula is C23H16Cl2N2O3. The van der Waals surface area contributed by atoms with Crippen molar-refractivity contribution in [3.63, 3.8) is 0 Å². The van der Waals surface area contributed by atoms with Gasteiger partial charge in [0.2, 0.25) is 0 Å². The molecular weight excluding hydrogens is 423 g/mol. The Morgan fingerprint density at radius 1 is 0.900 bits per heavy atom. The monoisotopic (exact) mass is 438 g/mol. The van der Waals surface area contributed by atoms with Gasteiger partial charge in [0.25, 0.3) is 11.8 Å². The Hall–Kier alpha value is -3.28. The first-order valence-electron chi connectivity index (χ1n) is 9.11. The smallest absolute Gasteiger partial charge is 0.282 e. The van der Waals surface area contributed by atoms with Gasteiger partial charge >= 0.3 is 0 Å². The van der Waals surface area contributed by atoms with Crippen LogP contribution in [0.15, 0.2) is 78.4 Å². The molecule has 0 atom stereocenters. The Bertz CT molecular complexity index is 1110. The number of carbonyl (C=O) groups is 2. The van der Waals surface area contributed by atoms with E-state index in [9.17, 15) is 9.59 Å². The predicted molar refractivity (Wildman–Crippen MR) is 117 cm³/mol. The topological polar surface area (TPSA) is 58.6 Å². The SMILES string of the molecule is O=C1NN(c2ccccc2)C(=O)C1=Cc1cc(Cl)c(OCc2ccccc2)c(Cl)c1. The van der Waals surface area contributed by atoms with Gasteiger partial charge < -0.3 is 4.74 Å². The summed E-state index contributed by atoms with van der Waals surface area (Å²) in [5, 5.41) is 1.78. The molecule has 1 fully saturated rings. The van der Waals surface area contributed by atoms with Gasteiger partial charge in [0.05, 0.1) is 15.7 Å². The lowest BCUT2D eigenvalue weighted by Crippen LogP contribution is -2.35. The summed E-state index contributed by atoms with van der Waals surface area (Å²) in [7, 11) is 0. The third kappa shape index (κ3) is 4.17. The normalized spacial score (nSPS) is 14.9. The summed E-state index contributed by atoms with van der Waals surface area (Å²) in [4.78, 5) is 25.0. The zero-order valence-corrected chi connectivity index (χ0v) is 17.2. The number of nitrogens with zero attached hydrogens (tertiary/aromatic N) is 1. The van der Waals surface area contributed by atoms with Crippen LogP contribution >= 0.6 is 23.2 Å². The van der Waals surface area contributed by atoms with Gasteiger partial charge in [0.1, 0.15) is 12.2 Å². The minimum absolute atomic E-state index is 0.0102. The van der Waals surface area contributed by atoms with Gasteiger partial charge in [0, 0.05) is 0 Å². The molecule has 30 heavy (non-hydrogen) atoms. The molecule has 1 saturated heterocycles. The molecule has 4 rings (SSSR count). The zero-order chi connectivity index (χ0) is 21.1. The fourth-order valence-electron chi connectivity index (χ4n) is 3.01. The molecule has 0 spiro atoms. The number of amides is 2. The number of anilines is 1.